The highest BCUT2D eigenvalue weighted by Crippen LogP contribution is 2.31. The minimum Gasteiger partial charge on any atom is -0.493 e. The molecule has 0 saturated carbocycles. The summed E-state index contributed by atoms with van der Waals surface area (Å²) in [5.41, 5.74) is 2.23. The number of nitrogens with zero attached hydrogens (tertiary/aromatic N) is 2. The van der Waals surface area contributed by atoms with E-state index >= 15 is 0 Å². The lowest BCUT2D eigenvalue weighted by atomic mass is 10.2. The number of halogens is 2. The molecule has 8 nitrogen and oxygen atoms in total. The van der Waals surface area contributed by atoms with Crippen molar-refractivity contribution in [2.45, 2.75) is 25.2 Å². The van der Waals surface area contributed by atoms with E-state index < -0.39 is 12.1 Å². The van der Waals surface area contributed by atoms with Crippen molar-refractivity contribution in [3.8, 4) is 11.5 Å². The first-order chi connectivity index (χ1) is 13.6. The predicted molar refractivity (Wildman–Crippen MR) is 118 cm³/mol. The van der Waals surface area contributed by atoms with Gasteiger partial charge in [-0.15, -0.1) is 24.8 Å². The van der Waals surface area contributed by atoms with Gasteiger partial charge in [0, 0.05) is 30.7 Å². The quantitative estimate of drug-likeness (QED) is 0.529. The number of nitrogens with one attached hydrogen (secondary N) is 2. The summed E-state index contributed by atoms with van der Waals surface area (Å²) in [5, 5.41) is 15.4. The van der Waals surface area contributed by atoms with E-state index in [0.717, 1.165) is 11.3 Å². The average molecular weight is 455 g/mol. The minimum absolute atomic E-state index is 0. The topological polar surface area (TPSA) is 97.1 Å². The van der Waals surface area contributed by atoms with Crippen molar-refractivity contribution >= 4 is 42.1 Å². The number of benzene rings is 1. The highest BCUT2D eigenvalue weighted by atomic mass is 35.5. The molecule has 4 rings (SSSR count). The monoisotopic (exact) mass is 454 g/mol. The number of aromatic nitrogens is 2. The Labute approximate surface area is 186 Å². The second-order valence-electron chi connectivity index (χ2n) is 6.69. The van der Waals surface area contributed by atoms with Crippen LogP contribution in [0.2, 0.25) is 0 Å². The van der Waals surface area contributed by atoms with E-state index in [2.05, 4.69) is 15.6 Å². The Morgan fingerprint density at radius 2 is 2.13 bits per heavy atom. The van der Waals surface area contributed by atoms with Crippen LogP contribution in [0.4, 0.5) is 5.69 Å². The lowest BCUT2D eigenvalue weighted by Gasteiger charge is -2.14. The summed E-state index contributed by atoms with van der Waals surface area (Å²) in [7, 11) is 1.56. The fourth-order valence-corrected chi connectivity index (χ4v) is 3.22. The van der Waals surface area contributed by atoms with Crippen LogP contribution in [0.5, 0.6) is 11.5 Å². The normalized spacial score (nSPS) is 17.7. The SMILES string of the molecule is COc1ccc(NC(=O)C2CC(O)CN2)cc1OCc1cn2ccccc2n1.Cl.Cl. The Morgan fingerprint density at radius 3 is 2.83 bits per heavy atom. The molecular weight excluding hydrogens is 431 g/mol. The summed E-state index contributed by atoms with van der Waals surface area (Å²) in [4.78, 5) is 16.8. The van der Waals surface area contributed by atoms with E-state index in [9.17, 15) is 9.90 Å². The molecule has 1 aromatic carbocycles. The number of carbonyl (C=O) groups excluding carboxylic acids is 1. The molecule has 2 unspecified atom stereocenters. The fourth-order valence-electron chi connectivity index (χ4n) is 3.22. The van der Waals surface area contributed by atoms with Gasteiger partial charge >= 0.3 is 0 Å². The summed E-state index contributed by atoms with van der Waals surface area (Å²) in [6.45, 7) is 0.694. The molecule has 1 amide bonds. The predicted octanol–water partition coefficient (Wildman–Crippen LogP) is 2.43. The molecule has 3 N–H and O–H groups in total. The molecule has 1 aliphatic heterocycles. The molecule has 3 aromatic rings. The van der Waals surface area contributed by atoms with Crippen molar-refractivity contribution in [3.05, 3.63) is 54.5 Å². The van der Waals surface area contributed by atoms with Crippen LogP contribution in [0.15, 0.2) is 48.8 Å². The average Bonchev–Trinajstić information content (AvgIpc) is 3.32. The van der Waals surface area contributed by atoms with Crippen LogP contribution in [0.1, 0.15) is 12.1 Å². The molecule has 30 heavy (non-hydrogen) atoms. The number of carbonyl (C=O) groups is 1. The van der Waals surface area contributed by atoms with Crippen LogP contribution >= 0.6 is 24.8 Å². The lowest BCUT2D eigenvalue weighted by Crippen LogP contribution is -2.35. The molecule has 1 fully saturated rings. The van der Waals surface area contributed by atoms with Crippen LogP contribution in [-0.2, 0) is 11.4 Å². The van der Waals surface area contributed by atoms with Crippen molar-refractivity contribution in [2.75, 3.05) is 19.0 Å². The number of hydrogen-bond acceptors (Lipinski definition) is 6. The number of aliphatic hydroxyl groups is 1. The molecule has 2 atom stereocenters. The summed E-state index contributed by atoms with van der Waals surface area (Å²) in [6.07, 6.45) is 3.75. The fraction of sp³-hybridized carbons (Fsp3) is 0.300. The van der Waals surface area contributed by atoms with Gasteiger partial charge in [-0.05, 0) is 30.7 Å². The largest absolute Gasteiger partial charge is 0.493 e. The van der Waals surface area contributed by atoms with Crippen LogP contribution in [-0.4, -0.2) is 46.2 Å². The Kier molecular flexibility index (Phi) is 8.31. The van der Waals surface area contributed by atoms with Gasteiger partial charge in [-0.2, -0.15) is 0 Å². The van der Waals surface area contributed by atoms with Crippen molar-refractivity contribution < 1.29 is 19.4 Å². The zero-order valence-corrected chi connectivity index (χ0v) is 17.9. The smallest absolute Gasteiger partial charge is 0.241 e. The number of amides is 1. The summed E-state index contributed by atoms with van der Waals surface area (Å²) in [5.74, 6) is 0.890. The lowest BCUT2D eigenvalue weighted by molar-refractivity contribution is -0.117. The maximum Gasteiger partial charge on any atom is 0.241 e. The van der Waals surface area contributed by atoms with Gasteiger partial charge in [0.2, 0.25) is 5.91 Å². The van der Waals surface area contributed by atoms with Gasteiger partial charge in [0.15, 0.2) is 11.5 Å². The second-order valence-corrected chi connectivity index (χ2v) is 6.69. The van der Waals surface area contributed by atoms with Gasteiger partial charge < -0.3 is 29.6 Å². The molecule has 0 spiro atoms. The number of anilines is 1. The molecular formula is C20H24Cl2N4O4. The molecule has 1 aliphatic rings. The highest BCUT2D eigenvalue weighted by molar-refractivity contribution is 5.95. The van der Waals surface area contributed by atoms with Crippen LogP contribution in [0.3, 0.4) is 0 Å². The van der Waals surface area contributed by atoms with Crippen LogP contribution < -0.4 is 20.1 Å². The molecule has 10 heteroatoms. The number of fused-ring (bicyclic) bond motifs is 1. The number of rotatable bonds is 6. The highest BCUT2D eigenvalue weighted by Gasteiger charge is 2.28. The molecule has 0 aliphatic carbocycles. The maximum absolute atomic E-state index is 12.3. The van der Waals surface area contributed by atoms with Crippen molar-refractivity contribution in [1.29, 1.82) is 0 Å². The van der Waals surface area contributed by atoms with Crippen molar-refractivity contribution in [3.63, 3.8) is 0 Å². The van der Waals surface area contributed by atoms with E-state index in [4.69, 9.17) is 9.47 Å². The first-order valence-corrected chi connectivity index (χ1v) is 9.08. The summed E-state index contributed by atoms with van der Waals surface area (Å²) < 4.78 is 13.2. The third-order valence-electron chi connectivity index (χ3n) is 4.64. The van der Waals surface area contributed by atoms with Gasteiger partial charge in [0.25, 0.3) is 0 Å². The number of hydrogen-bond donors (Lipinski definition) is 3. The Bertz CT molecular complexity index is 965. The van der Waals surface area contributed by atoms with Gasteiger partial charge in [-0.1, -0.05) is 6.07 Å². The zero-order chi connectivity index (χ0) is 19.5. The van der Waals surface area contributed by atoms with Crippen molar-refractivity contribution in [1.82, 2.24) is 14.7 Å². The van der Waals surface area contributed by atoms with Crippen molar-refractivity contribution in [2.24, 2.45) is 0 Å². The number of pyridine rings is 1. The summed E-state index contributed by atoms with van der Waals surface area (Å²) in [6, 6.07) is 10.6. The number of methoxy groups -OCH3 is 1. The Hall–Kier alpha value is -2.52. The van der Waals surface area contributed by atoms with E-state index in [1.54, 1.807) is 25.3 Å². The molecule has 2 aromatic heterocycles. The number of β-amino-alcohol motifs (C(OH)–C–C–N with tert-alkyl or cyclic N) is 1. The van der Waals surface area contributed by atoms with E-state index in [-0.39, 0.29) is 37.3 Å². The standard InChI is InChI=1S/C20H22N4O4.2ClH/c1-27-17-6-5-13(23-20(26)16-9-15(25)10-21-16)8-18(17)28-12-14-11-24-7-3-2-4-19(24)22-14;;/h2-8,11,15-16,21,25H,9-10,12H2,1H3,(H,23,26);2*1H. The van der Waals surface area contributed by atoms with Gasteiger partial charge in [-0.25, -0.2) is 4.98 Å². The first kappa shape index (κ1) is 23.8. The van der Waals surface area contributed by atoms with Crippen LogP contribution in [0, 0.1) is 0 Å². The number of ether oxygens (including phenoxy) is 2. The first-order valence-electron chi connectivity index (χ1n) is 9.08. The van der Waals surface area contributed by atoms with Gasteiger partial charge in [0.1, 0.15) is 12.3 Å². The Morgan fingerprint density at radius 1 is 1.30 bits per heavy atom. The zero-order valence-electron chi connectivity index (χ0n) is 16.3. The number of imidazole rings is 1. The van der Waals surface area contributed by atoms with Crippen LogP contribution in [0.25, 0.3) is 5.65 Å². The van der Waals surface area contributed by atoms with Gasteiger partial charge in [-0.3, -0.25) is 4.79 Å². The molecule has 1 saturated heterocycles. The minimum atomic E-state index is -0.490. The van der Waals surface area contributed by atoms with E-state index in [0.29, 0.717) is 30.2 Å². The third-order valence-corrected chi connectivity index (χ3v) is 4.64. The van der Waals surface area contributed by atoms with Gasteiger partial charge in [0.05, 0.1) is 24.9 Å². The molecule has 162 valence electrons. The third kappa shape index (κ3) is 5.34. The van der Waals surface area contributed by atoms with E-state index in [1.165, 1.54) is 0 Å². The number of aliphatic hydroxyl groups excluding tert-OH is 1. The summed E-state index contributed by atoms with van der Waals surface area (Å²) >= 11 is 0. The maximum atomic E-state index is 12.3. The molecule has 0 radical (unpaired) electrons. The second kappa shape index (κ2) is 10.5. The molecule has 3 heterocycles. The van der Waals surface area contributed by atoms with E-state index in [1.807, 2.05) is 35.0 Å². The Balaban J connectivity index is 0.00000160. The molecule has 0 bridgehead atoms.